The first-order chi connectivity index (χ1) is 11.9. The predicted octanol–water partition coefficient (Wildman–Crippen LogP) is 3.60. The van der Waals surface area contributed by atoms with Crippen molar-refractivity contribution in [3.63, 3.8) is 0 Å². The van der Waals surface area contributed by atoms with Gasteiger partial charge in [-0.25, -0.2) is 0 Å². The number of aromatic nitrogens is 2. The Morgan fingerprint density at radius 1 is 0.960 bits per heavy atom. The highest BCUT2D eigenvalue weighted by molar-refractivity contribution is 5.52. The molecule has 1 aliphatic rings. The molecule has 1 fully saturated rings. The molecule has 0 bridgehead atoms. The van der Waals surface area contributed by atoms with Gasteiger partial charge in [0.2, 0.25) is 11.8 Å². The highest BCUT2D eigenvalue weighted by atomic mass is 16.4. The Labute approximate surface area is 151 Å². The topological polar surface area (TPSA) is 45.4 Å². The van der Waals surface area contributed by atoms with E-state index in [-0.39, 0.29) is 0 Å². The average Bonchev–Trinajstić information content (AvgIpc) is 3.03. The van der Waals surface area contributed by atoms with Gasteiger partial charge < -0.3 is 9.32 Å². The van der Waals surface area contributed by atoms with Crippen LogP contribution in [-0.4, -0.2) is 52.7 Å². The Morgan fingerprint density at radius 2 is 1.60 bits per heavy atom. The van der Waals surface area contributed by atoms with Crippen LogP contribution in [0.2, 0.25) is 0 Å². The molecule has 136 valence electrons. The summed E-state index contributed by atoms with van der Waals surface area (Å²) in [4.78, 5) is 4.97. The molecule has 0 unspecified atom stereocenters. The van der Waals surface area contributed by atoms with Gasteiger partial charge in [-0.05, 0) is 37.4 Å². The Morgan fingerprint density at radius 3 is 2.24 bits per heavy atom. The van der Waals surface area contributed by atoms with Crippen molar-refractivity contribution in [2.75, 3.05) is 32.7 Å². The van der Waals surface area contributed by atoms with Gasteiger partial charge in [0.25, 0.3) is 0 Å². The summed E-state index contributed by atoms with van der Waals surface area (Å²) < 4.78 is 5.85. The minimum absolute atomic E-state index is 0.410. The first-order valence-electron chi connectivity index (χ1n) is 9.23. The van der Waals surface area contributed by atoms with E-state index in [0.717, 1.165) is 38.3 Å². The summed E-state index contributed by atoms with van der Waals surface area (Å²) in [7, 11) is 0. The van der Waals surface area contributed by atoms with Crippen molar-refractivity contribution < 1.29 is 4.42 Å². The molecule has 1 saturated heterocycles. The fraction of sp³-hybridized carbons (Fsp3) is 0.600. The average molecular weight is 342 g/mol. The molecule has 0 N–H and O–H groups in total. The van der Waals surface area contributed by atoms with Crippen molar-refractivity contribution in [2.24, 2.45) is 5.41 Å². The Hall–Kier alpha value is -1.72. The fourth-order valence-corrected chi connectivity index (χ4v) is 2.99. The van der Waals surface area contributed by atoms with E-state index in [4.69, 9.17) is 4.42 Å². The molecule has 2 heterocycles. The molecule has 25 heavy (non-hydrogen) atoms. The molecule has 0 aliphatic carbocycles. The molecule has 1 aromatic carbocycles. The van der Waals surface area contributed by atoms with Gasteiger partial charge in [-0.2, -0.15) is 0 Å². The number of hydrogen-bond acceptors (Lipinski definition) is 5. The lowest BCUT2D eigenvalue weighted by atomic mass is 9.92. The summed E-state index contributed by atoms with van der Waals surface area (Å²) in [5, 5.41) is 8.42. The summed E-state index contributed by atoms with van der Waals surface area (Å²) in [6.07, 6.45) is 1.25. The quantitative estimate of drug-likeness (QED) is 0.831. The largest absolute Gasteiger partial charge is 0.419 e. The minimum atomic E-state index is 0.410. The van der Waals surface area contributed by atoms with Crippen LogP contribution in [0.15, 0.2) is 28.7 Å². The monoisotopic (exact) mass is 342 g/mol. The maximum atomic E-state index is 5.85. The maximum absolute atomic E-state index is 5.85. The molecular formula is C20H30N4O. The normalized spacial score (nSPS) is 17.1. The molecule has 2 aromatic rings. The SMILES string of the molecule is Cc1ccc(-c2nnc(CN3CCN(CCC(C)(C)C)CC3)o2)cc1. The second-order valence-electron chi connectivity index (χ2n) is 8.30. The number of piperazine rings is 1. The van der Waals surface area contributed by atoms with Crippen LogP contribution in [0, 0.1) is 12.3 Å². The van der Waals surface area contributed by atoms with Crippen molar-refractivity contribution in [3.8, 4) is 11.5 Å². The summed E-state index contributed by atoms with van der Waals surface area (Å²) >= 11 is 0. The Bertz CT molecular complexity index is 664. The number of rotatable bonds is 5. The number of nitrogens with zero attached hydrogens (tertiary/aromatic N) is 4. The fourth-order valence-electron chi connectivity index (χ4n) is 2.99. The molecule has 5 nitrogen and oxygen atoms in total. The van der Waals surface area contributed by atoms with Gasteiger partial charge in [0.15, 0.2) is 0 Å². The summed E-state index contributed by atoms with van der Waals surface area (Å²) in [6.45, 7) is 15.3. The van der Waals surface area contributed by atoms with Crippen LogP contribution in [0.4, 0.5) is 0 Å². The van der Waals surface area contributed by atoms with Crippen molar-refractivity contribution in [3.05, 3.63) is 35.7 Å². The zero-order valence-corrected chi connectivity index (χ0v) is 16.0. The lowest BCUT2D eigenvalue weighted by Crippen LogP contribution is -2.46. The molecule has 0 atom stereocenters. The lowest BCUT2D eigenvalue weighted by molar-refractivity contribution is 0.110. The van der Waals surface area contributed by atoms with Gasteiger partial charge in [-0.15, -0.1) is 10.2 Å². The highest BCUT2D eigenvalue weighted by Gasteiger charge is 2.20. The van der Waals surface area contributed by atoms with E-state index in [1.165, 1.54) is 18.5 Å². The van der Waals surface area contributed by atoms with Crippen molar-refractivity contribution in [1.82, 2.24) is 20.0 Å². The summed E-state index contributed by atoms with van der Waals surface area (Å²) in [5.74, 6) is 1.32. The molecule has 0 amide bonds. The standard InChI is InChI=1S/C20H30N4O/c1-16-5-7-17(8-6-16)19-22-21-18(25-19)15-24-13-11-23(12-14-24)10-9-20(2,3)4/h5-8H,9-15H2,1-4H3. The van der Waals surface area contributed by atoms with E-state index in [1.54, 1.807) is 0 Å². The second-order valence-corrected chi connectivity index (χ2v) is 8.30. The van der Waals surface area contributed by atoms with E-state index < -0.39 is 0 Å². The van der Waals surface area contributed by atoms with Gasteiger partial charge in [-0.1, -0.05) is 38.5 Å². The summed E-state index contributed by atoms with van der Waals surface area (Å²) in [5.41, 5.74) is 2.62. The second kappa shape index (κ2) is 7.67. The van der Waals surface area contributed by atoms with E-state index in [9.17, 15) is 0 Å². The van der Waals surface area contributed by atoms with Crippen molar-refractivity contribution >= 4 is 0 Å². The molecular weight excluding hydrogens is 312 g/mol. The summed E-state index contributed by atoms with van der Waals surface area (Å²) in [6, 6.07) is 8.19. The molecule has 0 spiro atoms. The van der Waals surface area contributed by atoms with E-state index in [1.807, 2.05) is 12.1 Å². The van der Waals surface area contributed by atoms with Crippen LogP contribution < -0.4 is 0 Å². The maximum Gasteiger partial charge on any atom is 0.247 e. The smallest absolute Gasteiger partial charge is 0.247 e. The molecule has 1 aromatic heterocycles. The predicted molar refractivity (Wildman–Crippen MR) is 100 cm³/mol. The zero-order chi connectivity index (χ0) is 17.9. The number of benzene rings is 1. The Kier molecular flexibility index (Phi) is 5.54. The van der Waals surface area contributed by atoms with Crippen LogP contribution >= 0.6 is 0 Å². The molecule has 1 aliphatic heterocycles. The zero-order valence-electron chi connectivity index (χ0n) is 16.0. The lowest BCUT2D eigenvalue weighted by Gasteiger charge is -2.35. The van der Waals surface area contributed by atoms with Crippen molar-refractivity contribution in [2.45, 2.75) is 40.7 Å². The van der Waals surface area contributed by atoms with Crippen molar-refractivity contribution in [1.29, 1.82) is 0 Å². The van der Waals surface area contributed by atoms with Crippen LogP contribution in [0.5, 0.6) is 0 Å². The number of hydrogen-bond donors (Lipinski definition) is 0. The third-order valence-electron chi connectivity index (χ3n) is 4.77. The molecule has 0 saturated carbocycles. The van der Waals surface area contributed by atoms with Crippen LogP contribution in [0.25, 0.3) is 11.5 Å². The van der Waals surface area contributed by atoms with Crippen LogP contribution in [0.1, 0.15) is 38.6 Å². The van der Waals surface area contributed by atoms with E-state index >= 15 is 0 Å². The molecule has 0 radical (unpaired) electrons. The van der Waals surface area contributed by atoms with Gasteiger partial charge in [0.05, 0.1) is 6.54 Å². The molecule has 5 heteroatoms. The molecule has 3 rings (SSSR count). The third-order valence-corrected chi connectivity index (χ3v) is 4.77. The van der Waals surface area contributed by atoms with E-state index in [0.29, 0.717) is 17.2 Å². The Balaban J connectivity index is 1.49. The third kappa shape index (κ3) is 5.38. The van der Waals surface area contributed by atoms with E-state index in [2.05, 4.69) is 59.8 Å². The van der Waals surface area contributed by atoms with Crippen LogP contribution in [0.3, 0.4) is 0 Å². The van der Waals surface area contributed by atoms with Gasteiger partial charge >= 0.3 is 0 Å². The van der Waals surface area contributed by atoms with Gasteiger partial charge in [0, 0.05) is 31.7 Å². The first kappa shape index (κ1) is 18.1. The number of aryl methyl sites for hydroxylation is 1. The van der Waals surface area contributed by atoms with Gasteiger partial charge in [0.1, 0.15) is 0 Å². The minimum Gasteiger partial charge on any atom is -0.419 e. The van der Waals surface area contributed by atoms with Gasteiger partial charge in [-0.3, -0.25) is 4.90 Å². The highest BCUT2D eigenvalue weighted by Crippen LogP contribution is 2.21. The first-order valence-corrected chi connectivity index (χ1v) is 9.23. The van der Waals surface area contributed by atoms with Crippen LogP contribution in [-0.2, 0) is 6.54 Å².